The van der Waals surface area contributed by atoms with Gasteiger partial charge in [0, 0.05) is 27.2 Å². The summed E-state index contributed by atoms with van der Waals surface area (Å²) in [5.41, 5.74) is 0. The highest BCUT2D eigenvalue weighted by atomic mass is 16.8. The molecule has 43 heteroatoms. The van der Waals surface area contributed by atoms with E-state index >= 15 is 0 Å². The average Bonchev–Trinajstić information content (AvgIpc) is 0.759. The van der Waals surface area contributed by atoms with Crippen LogP contribution in [0.2, 0.25) is 0 Å². The second-order valence-corrected chi connectivity index (χ2v) is 26.0. The van der Waals surface area contributed by atoms with Gasteiger partial charge < -0.3 is 194 Å². The number of aliphatic hydroxyl groups excluding tert-OH is 20. The van der Waals surface area contributed by atoms with Crippen LogP contribution in [0.25, 0.3) is 0 Å². The molecule has 0 aliphatic carbocycles. The van der Waals surface area contributed by atoms with Gasteiger partial charge in [-0.3, -0.25) is 14.4 Å². The van der Waals surface area contributed by atoms with Crippen molar-refractivity contribution in [1.29, 1.82) is 0 Å². The molecule has 0 bridgehead atoms. The first-order chi connectivity index (χ1) is 46.9. The molecule has 8 saturated heterocycles. The number of aliphatic hydroxyl groups is 20. The highest BCUT2D eigenvalue weighted by Gasteiger charge is 2.62. The van der Waals surface area contributed by atoms with E-state index in [-0.39, 0.29) is 0 Å². The lowest BCUT2D eigenvalue weighted by Gasteiger charge is -2.52. The Morgan fingerprint density at radius 1 is 0.420 bits per heavy atom. The Morgan fingerprint density at radius 2 is 0.850 bits per heavy atom. The molecule has 8 aliphatic rings. The molecule has 8 rings (SSSR count). The smallest absolute Gasteiger partial charge is 0.364 e. The van der Waals surface area contributed by atoms with E-state index in [9.17, 15) is 126 Å². The highest BCUT2D eigenvalue weighted by Crippen LogP contribution is 2.42. The molecule has 0 radical (unpaired) electrons. The zero-order chi connectivity index (χ0) is 74.2. The third kappa shape index (κ3) is 17.6. The quantitative estimate of drug-likeness (QED) is 0.0427. The van der Waals surface area contributed by atoms with Gasteiger partial charge in [0.25, 0.3) is 5.79 Å². The van der Waals surface area contributed by atoms with Crippen molar-refractivity contribution >= 4 is 23.7 Å². The summed E-state index contributed by atoms with van der Waals surface area (Å²) in [6.45, 7) is 3.21. The lowest BCUT2D eigenvalue weighted by Crippen LogP contribution is -2.72. The number of ether oxygens (including phenoxy) is 15. The SMILES string of the molecule is CC(=O)N[C@H]1[C@H](O[C@H]2[C@H](O[C@@H]3O[C@@H](C)[C@@H](O)[C@@H](O)[C@@H]3O)[C@@H](NC(C)=O)[C@H](O[C@H]3[C@@H](O)[C@@H](CO[C@]4(C(=O)O)C[C@H](O[C@@H]5O[C@@H](C)[C@@H](O)[C@@H](O[C@@H]6O[C@@H](C)[C@@H](O)[C@@H](O)[C@@H]6O)[C@@H]5O[C@@H]5O[C@@H](C)[C@@H](O)[C@@H](O)[C@@H]5O)[C@@H](O)[C@H]([C@H](O)[C@H](O)CO)O4)OC(O)[C@@H]3NC(C)=O)O[C@@H]2CO)O[C@H](CO)[C@H](O)[C@@H]1O. The van der Waals surface area contributed by atoms with E-state index < -0.39 is 308 Å². The summed E-state index contributed by atoms with van der Waals surface area (Å²) in [6, 6.07) is -5.61. The van der Waals surface area contributed by atoms with Crippen molar-refractivity contribution in [3.63, 3.8) is 0 Å². The number of carboxylic acids is 1. The Labute approximate surface area is 568 Å². The second kappa shape index (κ2) is 34.4. The summed E-state index contributed by atoms with van der Waals surface area (Å²) in [4.78, 5) is 52.7. The molecule has 0 aromatic carbocycles. The number of aliphatic carboxylic acids is 1. The van der Waals surface area contributed by atoms with Crippen molar-refractivity contribution in [2.24, 2.45) is 0 Å². The Morgan fingerprint density at radius 3 is 1.34 bits per heavy atom. The highest BCUT2D eigenvalue weighted by molar-refractivity contribution is 5.76. The van der Waals surface area contributed by atoms with E-state index in [0.717, 1.165) is 20.8 Å². The maximum Gasteiger partial charge on any atom is 0.364 e. The van der Waals surface area contributed by atoms with Gasteiger partial charge in [-0.05, 0) is 27.7 Å². The Balaban J connectivity index is 1.14. The standard InChI is InChI=1S/C57H95N3O40/c1-13-28(68)37(77)40(80)52(87-13)97-45-27(60-19(7)66)51(94-23(11-63)43(45)95-50-25(58-17(5)64)36(76)33(73)22(10-62)93-50)96-44-26(59-18(6)65)49(83)91-24(35(44)75)12-86-57(56(84)85)8-21(34(74)46(100-57)32(72)20(67)9-61)92-55-48(99-54-42(82)39(79)30(70)15(3)89-54)47(31(71)16(4)90-55)98-53-41(81)38(78)29(69)14(2)88-53/h13-16,20-55,61-63,67-83H,8-12H2,1-7H3,(H,58,64)(H,59,65)(H,60,66)(H,84,85)/t13-,14-,15-,16-,20+,21-,22+,23+,24+,25+,26+,27+,28+,29+,30+,31+,32+,33-,34+,35-,36+,37+,38+,39+,40-,41-,42-,43+,44+,45+,46-,47+,48-,49?,50-,51-,52-,53-,54-,55-,57+/m0/s1. The Hall–Kier alpha value is -3.52. The molecule has 8 aliphatic heterocycles. The maximum absolute atomic E-state index is 13.9. The number of carbonyl (C=O) groups is 4. The summed E-state index contributed by atoms with van der Waals surface area (Å²) in [6.07, 6.45) is -74.4. The molecule has 0 spiro atoms. The number of amides is 3. The van der Waals surface area contributed by atoms with Crippen molar-refractivity contribution in [2.45, 2.75) is 306 Å². The van der Waals surface area contributed by atoms with E-state index in [1.54, 1.807) is 0 Å². The number of hydrogen-bond acceptors (Lipinski definition) is 39. The lowest BCUT2D eigenvalue weighted by atomic mass is 9.90. The van der Waals surface area contributed by atoms with Crippen LogP contribution in [0.15, 0.2) is 0 Å². The molecule has 1 unspecified atom stereocenters. The molecule has 43 nitrogen and oxygen atoms in total. The van der Waals surface area contributed by atoms with Crippen molar-refractivity contribution in [2.75, 3.05) is 26.4 Å². The van der Waals surface area contributed by atoms with Gasteiger partial charge in [0.15, 0.2) is 44.0 Å². The minimum Gasteiger partial charge on any atom is -0.477 e. The molecule has 578 valence electrons. The van der Waals surface area contributed by atoms with Crippen LogP contribution in [0.1, 0.15) is 54.9 Å². The largest absolute Gasteiger partial charge is 0.477 e. The second-order valence-electron chi connectivity index (χ2n) is 26.0. The summed E-state index contributed by atoms with van der Waals surface area (Å²) in [7, 11) is 0. The van der Waals surface area contributed by atoms with E-state index in [2.05, 4.69) is 16.0 Å². The molecule has 3 amide bonds. The fraction of sp³-hybridized carbons (Fsp3) is 0.930. The van der Waals surface area contributed by atoms with E-state index in [1.165, 1.54) is 27.7 Å². The number of carbonyl (C=O) groups excluding carboxylic acids is 3. The molecule has 0 saturated carbocycles. The number of hydrogen-bond donors (Lipinski definition) is 24. The van der Waals surface area contributed by atoms with Gasteiger partial charge in [-0.25, -0.2) is 4.79 Å². The molecule has 41 atom stereocenters. The van der Waals surface area contributed by atoms with Crippen molar-refractivity contribution in [3.8, 4) is 0 Å². The van der Waals surface area contributed by atoms with E-state index in [0.29, 0.717) is 0 Å². The van der Waals surface area contributed by atoms with E-state index in [1.807, 2.05) is 0 Å². The fourth-order valence-corrected chi connectivity index (χ4v) is 13.0. The van der Waals surface area contributed by atoms with Crippen LogP contribution >= 0.6 is 0 Å². The molecule has 8 fully saturated rings. The van der Waals surface area contributed by atoms with Crippen molar-refractivity contribution < 1.29 is 197 Å². The summed E-state index contributed by atoms with van der Waals surface area (Å²) >= 11 is 0. The Bertz CT molecular complexity index is 2670. The molecule has 100 heavy (non-hydrogen) atoms. The topological polar surface area (TPSA) is 668 Å². The first kappa shape index (κ1) is 82.1. The number of nitrogens with one attached hydrogen (secondary N) is 3. The molecule has 0 aromatic heterocycles. The van der Waals surface area contributed by atoms with Gasteiger partial charge in [-0.1, -0.05) is 0 Å². The van der Waals surface area contributed by atoms with Crippen LogP contribution in [0, 0.1) is 0 Å². The van der Waals surface area contributed by atoms with Crippen molar-refractivity contribution in [1.82, 2.24) is 16.0 Å². The molecule has 24 N–H and O–H groups in total. The minimum absolute atomic E-state index is 0.823. The van der Waals surface area contributed by atoms with Gasteiger partial charge in [0.2, 0.25) is 17.7 Å². The zero-order valence-corrected chi connectivity index (χ0v) is 54.8. The van der Waals surface area contributed by atoms with Gasteiger partial charge in [0.05, 0.1) is 56.9 Å². The molecule has 8 heterocycles. The number of carboxylic acid groups (broad SMARTS) is 1. The number of rotatable bonds is 24. The molecule has 0 aromatic rings. The predicted molar refractivity (Wildman–Crippen MR) is 311 cm³/mol. The maximum atomic E-state index is 13.9. The minimum atomic E-state index is -3.35. The van der Waals surface area contributed by atoms with Gasteiger partial charge in [-0.15, -0.1) is 0 Å². The summed E-state index contributed by atoms with van der Waals surface area (Å²) in [5.74, 6) is -8.24. The first-order valence-electron chi connectivity index (χ1n) is 32.2. The first-order valence-corrected chi connectivity index (χ1v) is 32.2. The van der Waals surface area contributed by atoms with Crippen molar-refractivity contribution in [3.05, 3.63) is 0 Å². The normalized spacial score (nSPS) is 49.4. The summed E-state index contributed by atoms with van der Waals surface area (Å²) < 4.78 is 89.7. The lowest BCUT2D eigenvalue weighted by molar-refractivity contribution is -0.402. The molecular formula is C57H95N3O40. The molecular weight excluding hydrogens is 1370 g/mol. The van der Waals surface area contributed by atoms with Crippen LogP contribution in [-0.2, 0) is 90.2 Å². The van der Waals surface area contributed by atoms with Gasteiger partial charge >= 0.3 is 5.97 Å². The fourth-order valence-electron chi connectivity index (χ4n) is 13.0. The van der Waals surface area contributed by atoms with Gasteiger partial charge in [-0.2, -0.15) is 0 Å². The van der Waals surface area contributed by atoms with Gasteiger partial charge in [0.1, 0.15) is 171 Å². The van der Waals surface area contributed by atoms with Crippen LogP contribution in [0.4, 0.5) is 0 Å². The van der Waals surface area contributed by atoms with Crippen LogP contribution < -0.4 is 16.0 Å². The van der Waals surface area contributed by atoms with E-state index in [4.69, 9.17) is 71.1 Å². The average molecular weight is 1460 g/mol. The monoisotopic (exact) mass is 1460 g/mol. The van der Waals surface area contributed by atoms with Crippen LogP contribution in [0.3, 0.4) is 0 Å². The Kier molecular flexibility index (Phi) is 28.2. The zero-order valence-electron chi connectivity index (χ0n) is 54.8. The third-order valence-corrected chi connectivity index (χ3v) is 18.7. The third-order valence-electron chi connectivity index (χ3n) is 18.7. The van der Waals surface area contributed by atoms with Crippen LogP contribution in [-0.4, -0.2) is 408 Å². The predicted octanol–water partition coefficient (Wildman–Crippen LogP) is -14.7. The van der Waals surface area contributed by atoms with Crippen LogP contribution in [0.5, 0.6) is 0 Å². The summed E-state index contributed by atoms with van der Waals surface area (Å²) in [5, 5.41) is 239.